The highest BCUT2D eigenvalue weighted by molar-refractivity contribution is 6.30. The molecule has 258 valence electrons. The van der Waals surface area contributed by atoms with Crippen LogP contribution in [0.2, 0.25) is 5.02 Å². The Morgan fingerprint density at radius 1 is 0.729 bits per heavy atom. The van der Waals surface area contributed by atoms with Crippen LogP contribution in [0.5, 0.6) is 11.5 Å². The molecule has 1 aliphatic rings. The molecule has 0 bridgehead atoms. The third kappa shape index (κ3) is 12.1. The number of carbonyl (C=O) groups is 6. The van der Waals surface area contributed by atoms with Crippen LogP contribution in [0.1, 0.15) is 45.7 Å². The molecular formula is C33H35ClO14. The van der Waals surface area contributed by atoms with E-state index in [2.05, 4.69) is 0 Å². The maximum Gasteiger partial charge on any atom is 0.330 e. The van der Waals surface area contributed by atoms with E-state index in [4.69, 9.17) is 49.5 Å². The van der Waals surface area contributed by atoms with E-state index in [1.54, 1.807) is 24.3 Å². The number of hydrogen-bond acceptors (Lipinski definition) is 14. The first-order chi connectivity index (χ1) is 22.7. The zero-order chi connectivity index (χ0) is 35.4. The van der Waals surface area contributed by atoms with Gasteiger partial charge in [-0.1, -0.05) is 29.8 Å². The van der Waals surface area contributed by atoms with E-state index in [1.165, 1.54) is 38.1 Å². The van der Waals surface area contributed by atoms with Crippen molar-refractivity contribution in [3.63, 3.8) is 0 Å². The van der Waals surface area contributed by atoms with E-state index in [-0.39, 0.29) is 18.1 Å². The molecule has 0 saturated carbocycles. The van der Waals surface area contributed by atoms with Gasteiger partial charge in [0.15, 0.2) is 36.1 Å². The fourth-order valence-corrected chi connectivity index (χ4v) is 4.67. The molecule has 1 saturated heterocycles. The summed E-state index contributed by atoms with van der Waals surface area (Å²) in [5.41, 5.74) is 1.27. The van der Waals surface area contributed by atoms with E-state index in [1.807, 2.05) is 0 Å². The van der Waals surface area contributed by atoms with Crippen molar-refractivity contribution in [2.75, 3.05) is 13.2 Å². The van der Waals surface area contributed by atoms with E-state index >= 15 is 0 Å². The van der Waals surface area contributed by atoms with Gasteiger partial charge in [-0.15, -0.1) is 0 Å². The summed E-state index contributed by atoms with van der Waals surface area (Å²) in [6, 6.07) is 11.3. The highest BCUT2D eigenvalue weighted by Gasteiger charge is 2.52. The van der Waals surface area contributed by atoms with Crippen LogP contribution in [0.3, 0.4) is 0 Å². The third-order valence-corrected chi connectivity index (χ3v) is 6.61. The molecule has 0 spiro atoms. The van der Waals surface area contributed by atoms with Gasteiger partial charge < -0.3 is 37.9 Å². The summed E-state index contributed by atoms with van der Waals surface area (Å²) in [5.74, 6) is -4.49. The Hall–Kier alpha value is -4.79. The molecule has 14 nitrogen and oxygen atoms in total. The topological polar surface area (TPSA) is 176 Å². The minimum Gasteiger partial charge on any atom is -0.460 e. The van der Waals surface area contributed by atoms with Crippen LogP contribution in [-0.4, -0.2) is 79.7 Å². The van der Waals surface area contributed by atoms with Gasteiger partial charge in [0.25, 0.3) is 0 Å². The molecule has 1 fully saturated rings. The lowest BCUT2D eigenvalue weighted by atomic mass is 9.98. The van der Waals surface area contributed by atoms with Crippen molar-refractivity contribution in [2.45, 2.75) is 71.7 Å². The standard InChI is InChI=1S/C33H35ClO14/c1-18(35)43-26-12-8-24(16-27(26)44-19(2)36)9-13-29(40)42-17-28-30(45-20(3)37)31(46-21(4)38)32(47-22(5)39)33(48-28)41-15-14-23-6-10-25(34)11-7-23/h6-13,16,28,30-33H,14-15,17H2,1-5H3/b13-9+. The van der Waals surface area contributed by atoms with E-state index in [0.29, 0.717) is 17.0 Å². The van der Waals surface area contributed by atoms with Crippen LogP contribution in [0.4, 0.5) is 0 Å². The first kappa shape index (κ1) is 37.7. The summed E-state index contributed by atoms with van der Waals surface area (Å²) in [6.07, 6.45) is -3.86. The van der Waals surface area contributed by atoms with Crippen LogP contribution in [-0.2, 0) is 63.6 Å². The summed E-state index contributed by atoms with van der Waals surface area (Å²) in [6.45, 7) is 5.28. The summed E-state index contributed by atoms with van der Waals surface area (Å²) in [4.78, 5) is 71.9. The predicted octanol–water partition coefficient (Wildman–Crippen LogP) is 3.53. The molecule has 1 aliphatic heterocycles. The Labute approximate surface area is 281 Å². The minimum absolute atomic E-state index is 0.00252. The van der Waals surface area contributed by atoms with Gasteiger partial charge in [0, 0.05) is 45.7 Å². The lowest BCUT2D eigenvalue weighted by molar-refractivity contribution is -0.307. The SMILES string of the molecule is CC(=O)Oc1ccc(/C=C/C(=O)OCC2OC(OCCc3ccc(Cl)cc3)C(OC(C)=O)C(OC(C)=O)C2OC(C)=O)cc1OC(C)=O. The summed E-state index contributed by atoms with van der Waals surface area (Å²) >= 11 is 5.96. The highest BCUT2D eigenvalue weighted by atomic mass is 35.5. The Morgan fingerprint density at radius 3 is 1.92 bits per heavy atom. The first-order valence-corrected chi connectivity index (χ1v) is 15.0. The number of rotatable bonds is 13. The summed E-state index contributed by atoms with van der Waals surface area (Å²) in [7, 11) is 0. The molecule has 0 N–H and O–H groups in total. The lowest BCUT2D eigenvalue weighted by Crippen LogP contribution is -2.63. The van der Waals surface area contributed by atoms with Crippen molar-refractivity contribution < 1.29 is 66.7 Å². The monoisotopic (exact) mass is 690 g/mol. The second-order valence-corrected chi connectivity index (χ2v) is 10.8. The number of hydrogen-bond donors (Lipinski definition) is 0. The number of halogens is 1. The van der Waals surface area contributed by atoms with Crippen molar-refractivity contribution >= 4 is 53.5 Å². The van der Waals surface area contributed by atoms with Gasteiger partial charge in [0.1, 0.15) is 12.7 Å². The van der Waals surface area contributed by atoms with Crippen molar-refractivity contribution in [1.82, 2.24) is 0 Å². The molecule has 2 aromatic carbocycles. The van der Waals surface area contributed by atoms with Gasteiger partial charge in [0.2, 0.25) is 0 Å². The van der Waals surface area contributed by atoms with Crippen LogP contribution in [0, 0.1) is 0 Å². The lowest BCUT2D eigenvalue weighted by Gasteiger charge is -2.44. The smallest absolute Gasteiger partial charge is 0.330 e. The number of ether oxygens (including phenoxy) is 8. The number of benzene rings is 2. The third-order valence-electron chi connectivity index (χ3n) is 6.36. The van der Waals surface area contributed by atoms with Gasteiger partial charge in [0.05, 0.1) is 6.61 Å². The number of carbonyl (C=O) groups excluding carboxylic acids is 6. The Balaban J connectivity index is 1.81. The summed E-state index contributed by atoms with van der Waals surface area (Å²) in [5, 5.41) is 0.557. The minimum atomic E-state index is -1.39. The van der Waals surface area contributed by atoms with Gasteiger partial charge >= 0.3 is 35.8 Å². The Bertz CT molecular complexity index is 1520. The van der Waals surface area contributed by atoms with Crippen LogP contribution < -0.4 is 9.47 Å². The van der Waals surface area contributed by atoms with E-state index in [0.717, 1.165) is 32.4 Å². The average Bonchev–Trinajstić information content (AvgIpc) is 2.99. The number of esters is 6. The largest absolute Gasteiger partial charge is 0.460 e. The fraction of sp³-hybridized carbons (Fsp3) is 0.394. The highest BCUT2D eigenvalue weighted by Crippen LogP contribution is 2.31. The van der Waals surface area contributed by atoms with Gasteiger partial charge in [-0.05, 0) is 47.9 Å². The average molecular weight is 691 g/mol. The van der Waals surface area contributed by atoms with Crippen LogP contribution >= 0.6 is 11.6 Å². The second-order valence-electron chi connectivity index (χ2n) is 10.4. The molecule has 3 rings (SSSR count). The molecule has 0 amide bonds. The van der Waals surface area contributed by atoms with Crippen LogP contribution in [0.25, 0.3) is 6.08 Å². The second kappa shape index (κ2) is 17.9. The van der Waals surface area contributed by atoms with Crippen molar-refractivity contribution in [3.05, 3.63) is 64.7 Å². The zero-order valence-corrected chi connectivity index (χ0v) is 27.6. The van der Waals surface area contributed by atoms with Crippen molar-refractivity contribution in [2.24, 2.45) is 0 Å². The molecule has 48 heavy (non-hydrogen) atoms. The maximum atomic E-state index is 12.7. The van der Waals surface area contributed by atoms with E-state index < -0.39 is 73.1 Å². The molecule has 0 aliphatic carbocycles. The van der Waals surface area contributed by atoms with Gasteiger partial charge in [-0.25, -0.2) is 4.79 Å². The quantitative estimate of drug-likeness (QED) is 0.129. The summed E-state index contributed by atoms with van der Waals surface area (Å²) < 4.78 is 43.7. The van der Waals surface area contributed by atoms with Crippen molar-refractivity contribution in [1.29, 1.82) is 0 Å². The zero-order valence-electron chi connectivity index (χ0n) is 26.8. The van der Waals surface area contributed by atoms with E-state index in [9.17, 15) is 28.8 Å². The predicted molar refractivity (Wildman–Crippen MR) is 165 cm³/mol. The Kier molecular flexibility index (Phi) is 14.1. The van der Waals surface area contributed by atoms with Crippen molar-refractivity contribution in [3.8, 4) is 11.5 Å². The van der Waals surface area contributed by atoms with Gasteiger partial charge in [-0.3, -0.25) is 24.0 Å². The fourth-order valence-electron chi connectivity index (χ4n) is 4.55. The molecule has 0 radical (unpaired) electrons. The molecule has 15 heteroatoms. The van der Waals surface area contributed by atoms with Crippen LogP contribution in [0.15, 0.2) is 48.5 Å². The molecule has 2 aromatic rings. The molecular weight excluding hydrogens is 656 g/mol. The first-order valence-electron chi connectivity index (χ1n) is 14.6. The van der Waals surface area contributed by atoms with Gasteiger partial charge in [-0.2, -0.15) is 0 Å². The maximum absolute atomic E-state index is 12.7. The molecule has 1 heterocycles. The molecule has 0 aromatic heterocycles. The molecule has 5 atom stereocenters. The molecule has 5 unspecified atom stereocenters. The normalized spacial score (nSPS) is 20.3. The Morgan fingerprint density at radius 2 is 1.31 bits per heavy atom.